The Kier molecular flexibility index (Phi) is 3.58. The molecule has 0 aromatic carbocycles. The zero-order valence-corrected chi connectivity index (χ0v) is 7.38. The average molecular weight is 203 g/mol. The highest BCUT2D eigenvalue weighted by Crippen LogP contribution is 2.09. The van der Waals surface area contributed by atoms with E-state index in [1.54, 1.807) is 6.26 Å². The van der Waals surface area contributed by atoms with E-state index in [0.29, 0.717) is 6.10 Å². The number of halogens is 1. The summed E-state index contributed by atoms with van der Waals surface area (Å²) in [5.41, 5.74) is 0. The SMILES string of the molecule is BrCCCC1C=CC=CO1. The van der Waals surface area contributed by atoms with Gasteiger partial charge in [-0.1, -0.05) is 22.0 Å². The van der Waals surface area contributed by atoms with Gasteiger partial charge in [0.2, 0.25) is 0 Å². The summed E-state index contributed by atoms with van der Waals surface area (Å²) in [6.45, 7) is 0. The summed E-state index contributed by atoms with van der Waals surface area (Å²) < 4.78 is 5.29. The smallest absolute Gasteiger partial charge is 0.116 e. The third kappa shape index (κ3) is 2.56. The number of ether oxygens (including phenoxy) is 1. The van der Waals surface area contributed by atoms with Crippen molar-refractivity contribution in [3.05, 3.63) is 24.5 Å². The fourth-order valence-corrected chi connectivity index (χ4v) is 1.19. The minimum absolute atomic E-state index is 0.308. The largest absolute Gasteiger partial charge is 0.494 e. The van der Waals surface area contributed by atoms with Crippen LogP contribution in [0.15, 0.2) is 24.5 Å². The zero-order valence-electron chi connectivity index (χ0n) is 5.79. The molecule has 1 aliphatic heterocycles. The number of allylic oxidation sites excluding steroid dienone is 2. The highest BCUT2D eigenvalue weighted by Gasteiger charge is 2.03. The van der Waals surface area contributed by atoms with Gasteiger partial charge in [-0.05, 0) is 25.0 Å². The molecule has 1 aliphatic rings. The Balaban J connectivity index is 2.17. The first-order valence-corrected chi connectivity index (χ1v) is 4.60. The third-order valence-electron chi connectivity index (χ3n) is 1.39. The first-order valence-electron chi connectivity index (χ1n) is 3.48. The van der Waals surface area contributed by atoms with Crippen molar-refractivity contribution >= 4 is 15.9 Å². The second-order valence-electron chi connectivity index (χ2n) is 2.22. The summed E-state index contributed by atoms with van der Waals surface area (Å²) in [5.74, 6) is 0. The molecule has 0 saturated carbocycles. The van der Waals surface area contributed by atoms with Crippen LogP contribution in [0.5, 0.6) is 0 Å². The number of alkyl halides is 1. The predicted molar refractivity (Wildman–Crippen MR) is 46.2 cm³/mol. The van der Waals surface area contributed by atoms with Crippen LogP contribution < -0.4 is 0 Å². The second kappa shape index (κ2) is 4.56. The molecule has 0 radical (unpaired) electrons. The maximum absolute atomic E-state index is 5.29. The summed E-state index contributed by atoms with van der Waals surface area (Å²) in [6.07, 6.45) is 10.4. The first kappa shape index (κ1) is 7.86. The standard InChI is InChI=1S/C8H11BrO/c9-6-3-5-8-4-1-2-7-10-8/h1-2,4,7-8H,3,5-6H2. The molecule has 0 aromatic heterocycles. The molecule has 0 aliphatic carbocycles. The van der Waals surface area contributed by atoms with E-state index in [1.807, 2.05) is 12.2 Å². The van der Waals surface area contributed by atoms with Gasteiger partial charge < -0.3 is 4.74 Å². The van der Waals surface area contributed by atoms with E-state index in [4.69, 9.17) is 4.74 Å². The summed E-state index contributed by atoms with van der Waals surface area (Å²) in [5, 5.41) is 1.06. The monoisotopic (exact) mass is 202 g/mol. The van der Waals surface area contributed by atoms with Gasteiger partial charge in [-0.3, -0.25) is 0 Å². The maximum Gasteiger partial charge on any atom is 0.116 e. The normalized spacial score (nSPS) is 22.7. The van der Waals surface area contributed by atoms with Crippen LogP contribution in [0.25, 0.3) is 0 Å². The molecule has 10 heavy (non-hydrogen) atoms. The predicted octanol–water partition coefficient (Wildman–Crippen LogP) is 2.63. The molecule has 56 valence electrons. The van der Waals surface area contributed by atoms with Crippen LogP contribution >= 0.6 is 15.9 Å². The lowest BCUT2D eigenvalue weighted by atomic mass is 10.2. The van der Waals surface area contributed by atoms with Gasteiger partial charge in [0.1, 0.15) is 6.10 Å². The fraction of sp³-hybridized carbons (Fsp3) is 0.500. The molecule has 0 bridgehead atoms. The molecular formula is C8H11BrO. The van der Waals surface area contributed by atoms with E-state index >= 15 is 0 Å². The lowest BCUT2D eigenvalue weighted by Gasteiger charge is -2.13. The minimum atomic E-state index is 0.308. The van der Waals surface area contributed by atoms with Gasteiger partial charge in [0.15, 0.2) is 0 Å². The van der Waals surface area contributed by atoms with Gasteiger partial charge in [-0.2, -0.15) is 0 Å². The first-order chi connectivity index (χ1) is 4.93. The summed E-state index contributed by atoms with van der Waals surface area (Å²) in [7, 11) is 0. The van der Waals surface area contributed by atoms with E-state index in [9.17, 15) is 0 Å². The van der Waals surface area contributed by atoms with Gasteiger partial charge in [0.25, 0.3) is 0 Å². The Morgan fingerprint density at radius 3 is 2.90 bits per heavy atom. The molecule has 0 spiro atoms. The Bertz CT molecular complexity index is 140. The molecule has 1 heterocycles. The van der Waals surface area contributed by atoms with Gasteiger partial charge >= 0.3 is 0 Å². The minimum Gasteiger partial charge on any atom is -0.494 e. The van der Waals surface area contributed by atoms with E-state index in [0.717, 1.165) is 11.8 Å². The van der Waals surface area contributed by atoms with Crippen LogP contribution in [-0.2, 0) is 4.74 Å². The van der Waals surface area contributed by atoms with Crippen LogP contribution in [0.1, 0.15) is 12.8 Å². The van der Waals surface area contributed by atoms with Gasteiger partial charge in [-0.15, -0.1) is 0 Å². The van der Waals surface area contributed by atoms with Gasteiger partial charge in [0, 0.05) is 5.33 Å². The van der Waals surface area contributed by atoms with Crippen LogP contribution in [0.4, 0.5) is 0 Å². The van der Waals surface area contributed by atoms with Crippen LogP contribution in [0, 0.1) is 0 Å². The van der Waals surface area contributed by atoms with E-state index in [1.165, 1.54) is 6.42 Å². The quantitative estimate of drug-likeness (QED) is 0.640. The van der Waals surface area contributed by atoms with Crippen molar-refractivity contribution in [1.82, 2.24) is 0 Å². The molecule has 0 saturated heterocycles. The van der Waals surface area contributed by atoms with Crippen LogP contribution in [0.3, 0.4) is 0 Å². The Morgan fingerprint density at radius 2 is 2.30 bits per heavy atom. The third-order valence-corrected chi connectivity index (χ3v) is 1.95. The van der Waals surface area contributed by atoms with Crippen molar-refractivity contribution in [1.29, 1.82) is 0 Å². The van der Waals surface area contributed by atoms with Crippen molar-refractivity contribution in [3.8, 4) is 0 Å². The molecule has 0 aromatic rings. The summed E-state index contributed by atoms with van der Waals surface area (Å²) >= 11 is 3.38. The molecule has 1 unspecified atom stereocenters. The zero-order chi connectivity index (χ0) is 7.23. The van der Waals surface area contributed by atoms with Gasteiger partial charge in [-0.25, -0.2) is 0 Å². The molecule has 2 heteroatoms. The summed E-state index contributed by atoms with van der Waals surface area (Å²) in [6, 6.07) is 0. The molecular weight excluding hydrogens is 192 g/mol. The topological polar surface area (TPSA) is 9.23 Å². The van der Waals surface area contributed by atoms with Crippen molar-refractivity contribution in [3.63, 3.8) is 0 Å². The number of hydrogen-bond acceptors (Lipinski definition) is 1. The highest BCUT2D eigenvalue weighted by molar-refractivity contribution is 9.09. The Hall–Kier alpha value is -0.240. The van der Waals surface area contributed by atoms with Crippen LogP contribution in [-0.4, -0.2) is 11.4 Å². The van der Waals surface area contributed by atoms with Crippen molar-refractivity contribution < 1.29 is 4.74 Å². The lowest BCUT2D eigenvalue weighted by Crippen LogP contribution is -2.07. The van der Waals surface area contributed by atoms with Gasteiger partial charge in [0.05, 0.1) is 6.26 Å². The molecule has 1 atom stereocenters. The van der Waals surface area contributed by atoms with E-state index < -0.39 is 0 Å². The molecule has 0 fully saturated rings. The second-order valence-corrected chi connectivity index (χ2v) is 3.01. The fourth-order valence-electron chi connectivity index (χ4n) is 0.868. The van der Waals surface area contributed by atoms with Crippen LogP contribution in [0.2, 0.25) is 0 Å². The average Bonchev–Trinajstić information content (AvgIpc) is 2.03. The van der Waals surface area contributed by atoms with Crippen molar-refractivity contribution in [2.75, 3.05) is 5.33 Å². The Labute approximate surface area is 69.9 Å². The van der Waals surface area contributed by atoms with Crippen molar-refractivity contribution in [2.24, 2.45) is 0 Å². The molecule has 1 nitrogen and oxygen atoms in total. The van der Waals surface area contributed by atoms with E-state index in [-0.39, 0.29) is 0 Å². The Morgan fingerprint density at radius 1 is 1.40 bits per heavy atom. The molecule has 0 amide bonds. The maximum atomic E-state index is 5.29. The molecule has 0 N–H and O–H groups in total. The lowest BCUT2D eigenvalue weighted by molar-refractivity contribution is 0.174. The number of rotatable bonds is 3. The molecule has 1 rings (SSSR count). The summed E-state index contributed by atoms with van der Waals surface area (Å²) in [4.78, 5) is 0. The number of hydrogen-bond donors (Lipinski definition) is 0. The van der Waals surface area contributed by atoms with Crippen molar-refractivity contribution in [2.45, 2.75) is 18.9 Å². The highest BCUT2D eigenvalue weighted by atomic mass is 79.9. The van der Waals surface area contributed by atoms with E-state index in [2.05, 4.69) is 22.0 Å².